The molecule has 1 amide bonds. The molecule has 2 saturated heterocycles. The highest BCUT2D eigenvalue weighted by molar-refractivity contribution is 5.94. The monoisotopic (exact) mass is 525 g/mol. The summed E-state index contributed by atoms with van der Waals surface area (Å²) in [4.78, 5) is 35.4. The number of nitrogens with one attached hydrogen (secondary N) is 1. The number of benzene rings is 1. The Bertz CT molecular complexity index is 1470. The van der Waals surface area contributed by atoms with E-state index in [1.807, 2.05) is 23.4 Å². The third-order valence-electron chi connectivity index (χ3n) is 7.20. The van der Waals surface area contributed by atoms with Crippen molar-refractivity contribution in [3.05, 3.63) is 71.8 Å². The number of carbonyl (C=O) groups is 1. The molecule has 3 aromatic heterocycles. The molecule has 200 valence electrons. The fourth-order valence-corrected chi connectivity index (χ4v) is 5.10. The van der Waals surface area contributed by atoms with Gasteiger partial charge in [0.15, 0.2) is 17.0 Å². The summed E-state index contributed by atoms with van der Waals surface area (Å²) in [7, 11) is 0. The SMILES string of the molecule is Cc1cccc(/C=N/Nc2nc(N3CCOCC3)nc3c2ncn3C2CCN(C(=O)c3ccncc3)CC2)c1. The van der Waals surface area contributed by atoms with Crippen molar-refractivity contribution in [2.24, 2.45) is 5.10 Å². The van der Waals surface area contributed by atoms with Gasteiger partial charge in [-0.2, -0.15) is 15.1 Å². The van der Waals surface area contributed by atoms with Crippen molar-refractivity contribution < 1.29 is 9.53 Å². The summed E-state index contributed by atoms with van der Waals surface area (Å²) in [5.41, 5.74) is 7.39. The van der Waals surface area contributed by atoms with Crippen LogP contribution >= 0.6 is 0 Å². The number of hydrogen-bond acceptors (Lipinski definition) is 9. The Hall–Kier alpha value is -4.38. The van der Waals surface area contributed by atoms with Crippen molar-refractivity contribution >= 4 is 35.1 Å². The lowest BCUT2D eigenvalue weighted by molar-refractivity contribution is 0.0695. The third-order valence-corrected chi connectivity index (χ3v) is 7.20. The van der Waals surface area contributed by atoms with Gasteiger partial charge in [-0.1, -0.05) is 29.8 Å². The lowest BCUT2D eigenvalue weighted by Crippen LogP contribution is -2.39. The number of imidazole rings is 1. The van der Waals surface area contributed by atoms with Gasteiger partial charge in [0, 0.05) is 50.2 Å². The molecule has 0 atom stereocenters. The lowest BCUT2D eigenvalue weighted by Gasteiger charge is -2.33. The van der Waals surface area contributed by atoms with Crippen molar-refractivity contribution in [3.8, 4) is 0 Å². The minimum atomic E-state index is 0.0428. The smallest absolute Gasteiger partial charge is 0.253 e. The molecular formula is C28H31N9O2. The molecular weight excluding hydrogens is 494 g/mol. The van der Waals surface area contributed by atoms with Crippen molar-refractivity contribution in [3.63, 3.8) is 0 Å². The number of morpholine rings is 1. The highest BCUT2D eigenvalue weighted by atomic mass is 16.5. The number of aromatic nitrogens is 5. The Morgan fingerprint density at radius 1 is 1.08 bits per heavy atom. The Labute approximate surface area is 226 Å². The summed E-state index contributed by atoms with van der Waals surface area (Å²) < 4.78 is 7.67. The van der Waals surface area contributed by atoms with Crippen molar-refractivity contribution in [2.75, 3.05) is 49.7 Å². The average Bonchev–Trinajstić information content (AvgIpc) is 3.42. The molecule has 11 heteroatoms. The first-order chi connectivity index (χ1) is 19.2. The number of likely N-dealkylation sites (tertiary alicyclic amines) is 1. The second-order valence-electron chi connectivity index (χ2n) is 9.84. The molecule has 0 saturated carbocycles. The normalized spacial score (nSPS) is 16.7. The summed E-state index contributed by atoms with van der Waals surface area (Å²) in [6.45, 7) is 6.11. The number of hydrogen-bond donors (Lipinski definition) is 1. The molecule has 2 aliphatic heterocycles. The summed E-state index contributed by atoms with van der Waals surface area (Å²) in [6.07, 6.45) is 8.55. The van der Waals surface area contributed by atoms with Crippen LogP contribution in [0.1, 0.15) is 40.4 Å². The van der Waals surface area contributed by atoms with Gasteiger partial charge in [0.2, 0.25) is 5.95 Å². The highest BCUT2D eigenvalue weighted by Gasteiger charge is 2.27. The number of piperidine rings is 1. The first kappa shape index (κ1) is 24.9. The van der Waals surface area contributed by atoms with Gasteiger partial charge in [-0.25, -0.2) is 4.98 Å². The summed E-state index contributed by atoms with van der Waals surface area (Å²) in [5.74, 6) is 1.24. The van der Waals surface area contributed by atoms with E-state index in [9.17, 15) is 4.79 Å². The first-order valence-corrected chi connectivity index (χ1v) is 13.3. The molecule has 6 rings (SSSR count). The summed E-state index contributed by atoms with van der Waals surface area (Å²) in [5, 5.41) is 4.46. The zero-order valence-electron chi connectivity index (χ0n) is 21.9. The molecule has 11 nitrogen and oxygen atoms in total. The fourth-order valence-electron chi connectivity index (χ4n) is 5.10. The number of carbonyl (C=O) groups excluding carboxylic acids is 1. The van der Waals surface area contributed by atoms with Gasteiger partial charge in [0.25, 0.3) is 5.91 Å². The molecule has 2 aliphatic rings. The van der Waals surface area contributed by atoms with Crippen LogP contribution in [0.4, 0.5) is 11.8 Å². The van der Waals surface area contributed by atoms with E-state index in [1.165, 1.54) is 5.56 Å². The van der Waals surface area contributed by atoms with E-state index in [0.29, 0.717) is 49.1 Å². The largest absolute Gasteiger partial charge is 0.378 e. The number of nitrogens with zero attached hydrogens (tertiary/aromatic N) is 8. The van der Waals surface area contributed by atoms with Crippen molar-refractivity contribution in [1.82, 2.24) is 29.4 Å². The van der Waals surface area contributed by atoms with Gasteiger partial charge in [-0.05, 0) is 37.5 Å². The van der Waals surface area contributed by atoms with Crippen LogP contribution < -0.4 is 10.3 Å². The Morgan fingerprint density at radius 3 is 2.64 bits per heavy atom. The maximum absolute atomic E-state index is 12.9. The van der Waals surface area contributed by atoms with Gasteiger partial charge in [-0.3, -0.25) is 15.2 Å². The zero-order valence-corrected chi connectivity index (χ0v) is 21.9. The van der Waals surface area contributed by atoms with E-state index in [4.69, 9.17) is 19.7 Å². The Kier molecular flexibility index (Phi) is 7.13. The molecule has 0 aliphatic carbocycles. The van der Waals surface area contributed by atoms with E-state index >= 15 is 0 Å². The van der Waals surface area contributed by atoms with E-state index < -0.39 is 0 Å². The fraction of sp³-hybridized carbons (Fsp3) is 0.357. The van der Waals surface area contributed by atoms with Crippen LogP contribution in [0.25, 0.3) is 11.2 Å². The zero-order chi connectivity index (χ0) is 26.6. The molecule has 5 heterocycles. The maximum atomic E-state index is 12.9. The van der Waals surface area contributed by atoms with Gasteiger partial charge in [0.05, 0.1) is 25.8 Å². The molecule has 39 heavy (non-hydrogen) atoms. The predicted octanol–water partition coefficient (Wildman–Crippen LogP) is 3.29. The molecule has 0 bridgehead atoms. The number of rotatable bonds is 6. The van der Waals surface area contributed by atoms with E-state index in [2.05, 4.69) is 44.0 Å². The van der Waals surface area contributed by atoms with E-state index in [1.54, 1.807) is 30.7 Å². The molecule has 4 aromatic rings. The molecule has 1 aromatic carbocycles. The van der Waals surface area contributed by atoms with Crippen LogP contribution in [0.15, 0.2) is 60.2 Å². The van der Waals surface area contributed by atoms with Crippen LogP contribution in [0.2, 0.25) is 0 Å². The third kappa shape index (κ3) is 5.44. The van der Waals surface area contributed by atoms with Gasteiger partial charge >= 0.3 is 0 Å². The topological polar surface area (TPSA) is 114 Å². The number of fused-ring (bicyclic) bond motifs is 1. The number of anilines is 2. The van der Waals surface area contributed by atoms with E-state index in [0.717, 1.165) is 37.1 Å². The second-order valence-corrected chi connectivity index (χ2v) is 9.84. The van der Waals surface area contributed by atoms with Crippen LogP contribution in [0.5, 0.6) is 0 Å². The summed E-state index contributed by atoms with van der Waals surface area (Å²) >= 11 is 0. The van der Waals surface area contributed by atoms with Gasteiger partial charge in [-0.15, -0.1) is 0 Å². The number of ether oxygens (including phenoxy) is 1. The number of pyridine rings is 1. The molecule has 1 N–H and O–H groups in total. The quantitative estimate of drug-likeness (QED) is 0.301. The lowest BCUT2D eigenvalue weighted by atomic mass is 10.0. The number of hydrazone groups is 1. The second kappa shape index (κ2) is 11.2. The van der Waals surface area contributed by atoms with Gasteiger partial charge < -0.3 is 19.1 Å². The van der Waals surface area contributed by atoms with Crippen LogP contribution in [0, 0.1) is 6.92 Å². The van der Waals surface area contributed by atoms with Crippen LogP contribution in [-0.4, -0.2) is 80.9 Å². The summed E-state index contributed by atoms with van der Waals surface area (Å²) in [6, 6.07) is 11.8. The first-order valence-electron chi connectivity index (χ1n) is 13.3. The van der Waals surface area contributed by atoms with Crippen LogP contribution in [-0.2, 0) is 4.74 Å². The molecule has 0 unspecified atom stereocenters. The van der Waals surface area contributed by atoms with Crippen LogP contribution in [0.3, 0.4) is 0 Å². The van der Waals surface area contributed by atoms with Gasteiger partial charge in [0.1, 0.15) is 0 Å². The molecule has 2 fully saturated rings. The standard InChI is InChI=1S/C28H31N9O2/c1-20-3-2-4-21(17-20)18-31-34-25-24-26(33-28(32-25)36-13-15-39-16-14-36)37(19-30-24)23-7-11-35(12-8-23)27(38)22-5-9-29-10-6-22/h2-6,9-10,17-19,23H,7-8,11-16H2,1H3,(H,32,33,34)/b31-18+. The molecule has 0 spiro atoms. The number of aryl methyl sites for hydroxylation is 1. The average molecular weight is 526 g/mol. The predicted molar refractivity (Wildman–Crippen MR) is 149 cm³/mol. The highest BCUT2D eigenvalue weighted by Crippen LogP contribution is 2.30. The minimum Gasteiger partial charge on any atom is -0.378 e. The Balaban J connectivity index is 1.26. The van der Waals surface area contributed by atoms with Crippen molar-refractivity contribution in [2.45, 2.75) is 25.8 Å². The molecule has 0 radical (unpaired) electrons. The van der Waals surface area contributed by atoms with Crippen molar-refractivity contribution in [1.29, 1.82) is 0 Å². The number of amides is 1. The Morgan fingerprint density at radius 2 is 1.87 bits per heavy atom. The maximum Gasteiger partial charge on any atom is 0.253 e. The van der Waals surface area contributed by atoms with E-state index in [-0.39, 0.29) is 11.9 Å². The minimum absolute atomic E-state index is 0.0428.